The van der Waals surface area contributed by atoms with Crippen LogP contribution in [0, 0.1) is 0 Å². The van der Waals surface area contributed by atoms with Crippen LogP contribution in [0.2, 0.25) is 5.02 Å². The zero-order chi connectivity index (χ0) is 17.8. The van der Waals surface area contributed by atoms with E-state index in [2.05, 4.69) is 6.92 Å². The summed E-state index contributed by atoms with van der Waals surface area (Å²) in [4.78, 5) is 17.5. The van der Waals surface area contributed by atoms with Gasteiger partial charge in [-0.25, -0.2) is 4.79 Å². The highest BCUT2D eigenvalue weighted by Crippen LogP contribution is 2.35. The molecule has 0 unspecified atom stereocenters. The van der Waals surface area contributed by atoms with Crippen molar-refractivity contribution in [2.24, 2.45) is 0 Å². The van der Waals surface area contributed by atoms with Crippen LogP contribution in [0.4, 0.5) is 0 Å². The van der Waals surface area contributed by atoms with E-state index in [1.165, 1.54) is 0 Å². The first-order valence-corrected chi connectivity index (χ1v) is 8.88. The minimum absolute atomic E-state index is 0.326. The third-order valence-electron chi connectivity index (χ3n) is 4.05. The predicted molar refractivity (Wildman–Crippen MR) is 102 cm³/mol. The van der Waals surface area contributed by atoms with Crippen molar-refractivity contribution in [2.45, 2.75) is 26.7 Å². The van der Waals surface area contributed by atoms with Crippen LogP contribution < -0.4 is 0 Å². The van der Waals surface area contributed by atoms with E-state index < -0.39 is 0 Å². The van der Waals surface area contributed by atoms with E-state index in [-0.39, 0.29) is 5.97 Å². The lowest BCUT2D eigenvalue weighted by Crippen LogP contribution is -2.12. The number of benzene rings is 2. The highest BCUT2D eigenvalue weighted by molar-refractivity contribution is 6.31. The minimum Gasteiger partial charge on any atom is -0.462 e. The molecule has 0 fully saturated rings. The van der Waals surface area contributed by atoms with Crippen LogP contribution >= 0.6 is 11.6 Å². The Bertz CT molecular complexity index is 907. The standard InChI is InChI=1S/C21H20ClNO2/c1-3-8-18-20(21(24)25-4-2)19(14-9-6-5-7-10-14)16-13-15(22)11-12-17(16)23-18/h5-7,9-13H,3-4,8H2,1-2H3. The van der Waals surface area contributed by atoms with Gasteiger partial charge < -0.3 is 4.74 Å². The minimum atomic E-state index is -0.334. The Hall–Kier alpha value is -2.39. The topological polar surface area (TPSA) is 39.2 Å². The first-order chi connectivity index (χ1) is 12.2. The van der Waals surface area contributed by atoms with Crippen LogP contribution in [0.25, 0.3) is 22.0 Å². The van der Waals surface area contributed by atoms with Crippen molar-refractivity contribution in [2.75, 3.05) is 6.61 Å². The zero-order valence-electron chi connectivity index (χ0n) is 14.4. The fourth-order valence-corrected chi connectivity index (χ4v) is 3.20. The summed E-state index contributed by atoms with van der Waals surface area (Å²) in [5, 5.41) is 1.48. The number of esters is 1. The Morgan fingerprint density at radius 3 is 2.56 bits per heavy atom. The summed E-state index contributed by atoms with van der Waals surface area (Å²) < 4.78 is 5.34. The fourth-order valence-electron chi connectivity index (χ4n) is 3.03. The Balaban J connectivity index is 2.41. The number of hydrogen-bond acceptors (Lipinski definition) is 3. The average Bonchev–Trinajstić information content (AvgIpc) is 2.62. The molecule has 0 aliphatic heterocycles. The van der Waals surface area contributed by atoms with Crippen LogP contribution in [0.3, 0.4) is 0 Å². The Labute approximate surface area is 152 Å². The number of carbonyl (C=O) groups excluding carboxylic acids is 1. The summed E-state index contributed by atoms with van der Waals surface area (Å²) in [6.07, 6.45) is 1.61. The van der Waals surface area contributed by atoms with E-state index in [1.807, 2.05) is 55.5 Å². The molecular weight excluding hydrogens is 334 g/mol. The number of carbonyl (C=O) groups is 1. The molecular formula is C21H20ClNO2. The molecule has 0 aliphatic rings. The zero-order valence-corrected chi connectivity index (χ0v) is 15.1. The molecule has 0 atom stereocenters. The first kappa shape index (κ1) is 17.4. The summed E-state index contributed by atoms with van der Waals surface area (Å²) in [6, 6.07) is 15.5. The van der Waals surface area contributed by atoms with Gasteiger partial charge in [-0.15, -0.1) is 0 Å². The van der Waals surface area contributed by atoms with Crippen molar-refractivity contribution < 1.29 is 9.53 Å². The second kappa shape index (κ2) is 7.66. The predicted octanol–water partition coefficient (Wildman–Crippen LogP) is 5.68. The lowest BCUT2D eigenvalue weighted by atomic mass is 9.93. The molecule has 3 nitrogen and oxygen atoms in total. The molecule has 0 radical (unpaired) electrons. The van der Waals surface area contributed by atoms with Gasteiger partial charge in [0.25, 0.3) is 0 Å². The molecule has 2 aromatic carbocycles. The number of hydrogen-bond donors (Lipinski definition) is 0. The van der Waals surface area contributed by atoms with Crippen molar-refractivity contribution in [3.05, 3.63) is 64.8 Å². The van der Waals surface area contributed by atoms with E-state index in [9.17, 15) is 4.79 Å². The monoisotopic (exact) mass is 353 g/mol. The number of ether oxygens (including phenoxy) is 1. The van der Waals surface area contributed by atoms with Gasteiger partial charge in [-0.3, -0.25) is 4.98 Å². The molecule has 0 saturated carbocycles. The number of aromatic nitrogens is 1. The maximum absolute atomic E-state index is 12.8. The lowest BCUT2D eigenvalue weighted by molar-refractivity contribution is 0.0525. The van der Waals surface area contributed by atoms with Crippen molar-refractivity contribution >= 4 is 28.5 Å². The van der Waals surface area contributed by atoms with Crippen molar-refractivity contribution in [1.82, 2.24) is 4.98 Å². The Morgan fingerprint density at radius 2 is 1.88 bits per heavy atom. The molecule has 4 heteroatoms. The van der Waals surface area contributed by atoms with Crippen LogP contribution in [0.15, 0.2) is 48.5 Å². The summed E-state index contributed by atoms with van der Waals surface area (Å²) >= 11 is 6.23. The van der Waals surface area contributed by atoms with Gasteiger partial charge in [0, 0.05) is 16.0 Å². The smallest absolute Gasteiger partial charge is 0.340 e. The number of nitrogens with zero attached hydrogens (tertiary/aromatic N) is 1. The number of aryl methyl sites for hydroxylation is 1. The van der Waals surface area contributed by atoms with Crippen LogP contribution in [0.5, 0.6) is 0 Å². The Kier molecular flexibility index (Phi) is 5.34. The normalized spacial score (nSPS) is 10.8. The van der Waals surface area contributed by atoms with Gasteiger partial charge in [-0.1, -0.05) is 55.3 Å². The van der Waals surface area contributed by atoms with E-state index >= 15 is 0 Å². The third kappa shape index (κ3) is 3.52. The SMILES string of the molecule is CCCc1nc2ccc(Cl)cc2c(-c2ccccc2)c1C(=O)OCC. The number of halogens is 1. The molecule has 1 heterocycles. The van der Waals surface area contributed by atoms with Crippen LogP contribution in [0.1, 0.15) is 36.3 Å². The maximum Gasteiger partial charge on any atom is 0.340 e. The van der Waals surface area contributed by atoms with E-state index in [1.54, 1.807) is 0 Å². The van der Waals surface area contributed by atoms with Crippen molar-refractivity contribution in [3.8, 4) is 11.1 Å². The van der Waals surface area contributed by atoms with Crippen molar-refractivity contribution in [3.63, 3.8) is 0 Å². The molecule has 1 aromatic heterocycles. The largest absolute Gasteiger partial charge is 0.462 e. The number of pyridine rings is 1. The van der Waals surface area contributed by atoms with E-state index in [0.29, 0.717) is 23.6 Å². The van der Waals surface area contributed by atoms with E-state index in [4.69, 9.17) is 21.3 Å². The second-order valence-corrected chi connectivity index (χ2v) is 6.24. The average molecular weight is 354 g/mol. The van der Waals surface area contributed by atoms with Gasteiger partial charge in [0.05, 0.1) is 23.4 Å². The van der Waals surface area contributed by atoms with Gasteiger partial charge in [-0.2, -0.15) is 0 Å². The summed E-state index contributed by atoms with van der Waals surface area (Å²) in [6.45, 7) is 4.21. The maximum atomic E-state index is 12.8. The third-order valence-corrected chi connectivity index (χ3v) is 4.29. The fraction of sp³-hybridized carbons (Fsp3) is 0.238. The van der Waals surface area contributed by atoms with Crippen LogP contribution in [-0.2, 0) is 11.2 Å². The molecule has 3 rings (SSSR count). The lowest BCUT2D eigenvalue weighted by Gasteiger charge is -2.16. The molecule has 128 valence electrons. The quantitative estimate of drug-likeness (QED) is 0.553. The molecule has 25 heavy (non-hydrogen) atoms. The summed E-state index contributed by atoms with van der Waals surface area (Å²) in [7, 11) is 0. The molecule has 0 amide bonds. The number of fused-ring (bicyclic) bond motifs is 1. The van der Waals surface area contributed by atoms with Gasteiger partial charge in [0.2, 0.25) is 0 Å². The van der Waals surface area contributed by atoms with E-state index in [0.717, 1.165) is 34.1 Å². The second-order valence-electron chi connectivity index (χ2n) is 5.81. The van der Waals surface area contributed by atoms with Crippen LogP contribution in [-0.4, -0.2) is 17.6 Å². The van der Waals surface area contributed by atoms with Gasteiger partial charge in [-0.05, 0) is 37.1 Å². The van der Waals surface area contributed by atoms with Gasteiger partial charge in [0.1, 0.15) is 0 Å². The summed E-state index contributed by atoms with van der Waals surface area (Å²) in [5.74, 6) is -0.334. The highest BCUT2D eigenvalue weighted by atomic mass is 35.5. The number of rotatable bonds is 5. The van der Waals surface area contributed by atoms with Crippen molar-refractivity contribution in [1.29, 1.82) is 0 Å². The Morgan fingerprint density at radius 1 is 1.12 bits per heavy atom. The summed E-state index contributed by atoms with van der Waals surface area (Å²) in [5.41, 5.74) is 3.95. The van der Waals surface area contributed by atoms with Gasteiger partial charge >= 0.3 is 5.97 Å². The first-order valence-electron chi connectivity index (χ1n) is 8.50. The molecule has 3 aromatic rings. The molecule has 0 bridgehead atoms. The molecule has 0 saturated heterocycles. The molecule has 0 N–H and O–H groups in total. The highest BCUT2D eigenvalue weighted by Gasteiger charge is 2.23. The molecule has 0 aliphatic carbocycles. The molecule has 0 spiro atoms. The van der Waals surface area contributed by atoms with Gasteiger partial charge in [0.15, 0.2) is 0 Å².